The summed E-state index contributed by atoms with van der Waals surface area (Å²) in [4.78, 5) is 27.6. The number of rotatable bonds is 4. The van der Waals surface area contributed by atoms with Crippen LogP contribution in [0.5, 0.6) is 0 Å². The second-order valence-corrected chi connectivity index (χ2v) is 5.05. The van der Waals surface area contributed by atoms with Gasteiger partial charge in [-0.3, -0.25) is 14.6 Å². The Morgan fingerprint density at radius 3 is 2.84 bits per heavy atom. The normalized spacial score (nSPS) is 11.1. The fourth-order valence-electron chi connectivity index (χ4n) is 2.14. The van der Waals surface area contributed by atoms with Gasteiger partial charge in [-0.05, 0) is 18.1 Å². The van der Waals surface area contributed by atoms with Crippen molar-refractivity contribution in [2.24, 2.45) is 11.7 Å². The van der Waals surface area contributed by atoms with Crippen molar-refractivity contribution < 1.29 is 4.79 Å². The minimum atomic E-state index is -0.429. The summed E-state index contributed by atoms with van der Waals surface area (Å²) >= 11 is 0. The molecule has 0 aliphatic rings. The number of carbonyl (C=O) groups is 1. The molecule has 5 nitrogen and oxygen atoms in total. The molecule has 0 saturated carbocycles. The molecule has 2 heterocycles. The van der Waals surface area contributed by atoms with Crippen molar-refractivity contribution in [2.45, 2.75) is 26.8 Å². The first-order valence-corrected chi connectivity index (χ1v) is 6.24. The van der Waals surface area contributed by atoms with E-state index in [1.807, 2.05) is 13.8 Å². The quantitative estimate of drug-likeness (QED) is 0.892. The summed E-state index contributed by atoms with van der Waals surface area (Å²) < 4.78 is 1.63. The third kappa shape index (κ3) is 2.81. The van der Waals surface area contributed by atoms with Gasteiger partial charge in [-0.15, -0.1) is 0 Å². The van der Waals surface area contributed by atoms with Gasteiger partial charge in [-0.25, -0.2) is 0 Å². The molecule has 1 amide bonds. The molecule has 0 aliphatic heterocycles. The lowest BCUT2D eigenvalue weighted by Crippen LogP contribution is -2.25. The van der Waals surface area contributed by atoms with Gasteiger partial charge in [-0.1, -0.05) is 13.8 Å². The molecule has 2 rings (SSSR count). The maximum atomic E-state index is 12.3. The van der Waals surface area contributed by atoms with Crippen LogP contribution in [0.1, 0.15) is 19.4 Å². The summed E-state index contributed by atoms with van der Waals surface area (Å²) in [5.74, 6) is -0.0880. The van der Waals surface area contributed by atoms with Gasteiger partial charge in [0.25, 0.3) is 5.56 Å². The molecule has 0 atom stereocenters. The third-order valence-electron chi connectivity index (χ3n) is 2.84. The Bertz CT molecular complexity index is 674. The number of amides is 1. The van der Waals surface area contributed by atoms with Gasteiger partial charge in [0.15, 0.2) is 0 Å². The largest absolute Gasteiger partial charge is 0.369 e. The molecule has 2 N–H and O–H groups in total. The van der Waals surface area contributed by atoms with E-state index < -0.39 is 5.91 Å². The van der Waals surface area contributed by atoms with Crippen molar-refractivity contribution in [3.63, 3.8) is 0 Å². The van der Waals surface area contributed by atoms with Crippen molar-refractivity contribution in [1.29, 1.82) is 0 Å². The van der Waals surface area contributed by atoms with Crippen LogP contribution in [0.4, 0.5) is 0 Å². The molecule has 0 radical (unpaired) electrons. The Kier molecular flexibility index (Phi) is 3.64. The predicted octanol–water partition coefficient (Wildman–Crippen LogP) is 1.08. The van der Waals surface area contributed by atoms with E-state index in [1.54, 1.807) is 29.1 Å². The fourth-order valence-corrected chi connectivity index (χ4v) is 2.14. The first-order chi connectivity index (χ1) is 8.99. The van der Waals surface area contributed by atoms with Crippen molar-refractivity contribution in [2.75, 3.05) is 0 Å². The number of hydrogen-bond donors (Lipinski definition) is 1. The number of hydrogen-bond acceptors (Lipinski definition) is 3. The van der Waals surface area contributed by atoms with Crippen molar-refractivity contribution >= 4 is 16.8 Å². The van der Waals surface area contributed by atoms with E-state index in [0.717, 1.165) is 0 Å². The minimum Gasteiger partial charge on any atom is -0.369 e. The molecule has 0 aromatic carbocycles. The third-order valence-corrected chi connectivity index (χ3v) is 2.84. The maximum Gasteiger partial charge on any atom is 0.260 e. The number of aromatic nitrogens is 2. The standard InChI is InChI=1S/C14H17N3O2/c1-9(2)7-17-8-10(6-12(15)18)13-11(14(17)19)4-3-5-16-13/h3-5,8-9H,6-7H2,1-2H3,(H2,15,18). The fraction of sp³-hybridized carbons (Fsp3) is 0.357. The SMILES string of the molecule is CC(C)Cn1cc(CC(N)=O)c2ncccc2c1=O. The lowest BCUT2D eigenvalue weighted by atomic mass is 10.1. The van der Waals surface area contributed by atoms with Crippen LogP contribution in [0.2, 0.25) is 0 Å². The molecule has 2 aromatic heterocycles. The Morgan fingerprint density at radius 2 is 2.21 bits per heavy atom. The second kappa shape index (κ2) is 5.22. The summed E-state index contributed by atoms with van der Waals surface area (Å²) in [5, 5.41) is 0.530. The maximum absolute atomic E-state index is 12.3. The summed E-state index contributed by atoms with van der Waals surface area (Å²) in [7, 11) is 0. The molecule has 0 spiro atoms. The lowest BCUT2D eigenvalue weighted by molar-refractivity contribution is -0.117. The van der Waals surface area contributed by atoms with E-state index >= 15 is 0 Å². The van der Waals surface area contributed by atoms with Gasteiger partial charge < -0.3 is 10.3 Å². The predicted molar refractivity (Wildman–Crippen MR) is 73.7 cm³/mol. The Morgan fingerprint density at radius 1 is 1.47 bits per heavy atom. The van der Waals surface area contributed by atoms with Crippen molar-refractivity contribution in [1.82, 2.24) is 9.55 Å². The van der Waals surface area contributed by atoms with Gasteiger partial charge >= 0.3 is 0 Å². The van der Waals surface area contributed by atoms with Gasteiger partial charge in [0.05, 0.1) is 17.3 Å². The van der Waals surface area contributed by atoms with Crippen LogP contribution >= 0.6 is 0 Å². The van der Waals surface area contributed by atoms with Crippen LogP contribution in [-0.2, 0) is 17.8 Å². The molecule has 0 bridgehead atoms. The summed E-state index contributed by atoms with van der Waals surface area (Å²) in [6.07, 6.45) is 3.40. The number of fused-ring (bicyclic) bond motifs is 1. The molecular weight excluding hydrogens is 242 g/mol. The highest BCUT2D eigenvalue weighted by Gasteiger charge is 2.12. The van der Waals surface area contributed by atoms with Gasteiger partial charge in [0.2, 0.25) is 5.91 Å². The number of pyridine rings is 2. The molecular formula is C14H17N3O2. The average Bonchev–Trinajstić information content (AvgIpc) is 2.34. The van der Waals surface area contributed by atoms with E-state index in [4.69, 9.17) is 5.73 Å². The van der Waals surface area contributed by atoms with Crippen LogP contribution in [-0.4, -0.2) is 15.5 Å². The van der Waals surface area contributed by atoms with Gasteiger partial charge in [0, 0.05) is 24.5 Å². The zero-order valence-corrected chi connectivity index (χ0v) is 11.1. The van der Waals surface area contributed by atoms with E-state index in [2.05, 4.69) is 4.98 Å². The number of primary amides is 1. The zero-order chi connectivity index (χ0) is 14.0. The van der Waals surface area contributed by atoms with Crippen LogP contribution in [0.15, 0.2) is 29.3 Å². The van der Waals surface area contributed by atoms with E-state index in [1.165, 1.54) is 0 Å². The highest BCUT2D eigenvalue weighted by atomic mass is 16.1. The average molecular weight is 259 g/mol. The van der Waals surface area contributed by atoms with E-state index in [0.29, 0.717) is 28.9 Å². The van der Waals surface area contributed by atoms with Crippen molar-refractivity contribution in [3.05, 3.63) is 40.4 Å². The minimum absolute atomic E-state index is 0.0787. The summed E-state index contributed by atoms with van der Waals surface area (Å²) in [5.41, 5.74) is 6.43. The Balaban J connectivity index is 2.68. The van der Waals surface area contributed by atoms with Crippen LogP contribution in [0.25, 0.3) is 10.9 Å². The highest BCUT2D eigenvalue weighted by Crippen LogP contribution is 2.13. The Labute approximate surface area is 111 Å². The molecule has 0 fully saturated rings. The first-order valence-electron chi connectivity index (χ1n) is 6.24. The van der Waals surface area contributed by atoms with E-state index in [9.17, 15) is 9.59 Å². The Hall–Kier alpha value is -2.17. The number of nitrogens with two attached hydrogens (primary N) is 1. The summed E-state index contributed by atoms with van der Waals surface area (Å²) in [6.45, 7) is 4.68. The molecule has 0 aliphatic carbocycles. The molecule has 19 heavy (non-hydrogen) atoms. The molecule has 2 aromatic rings. The molecule has 5 heteroatoms. The smallest absolute Gasteiger partial charge is 0.260 e. The first kappa shape index (κ1) is 13.3. The zero-order valence-electron chi connectivity index (χ0n) is 11.1. The highest BCUT2D eigenvalue weighted by molar-refractivity contribution is 5.86. The summed E-state index contributed by atoms with van der Waals surface area (Å²) in [6, 6.07) is 3.45. The van der Waals surface area contributed by atoms with Crippen LogP contribution < -0.4 is 11.3 Å². The molecule has 0 saturated heterocycles. The number of nitrogens with zero attached hydrogens (tertiary/aromatic N) is 2. The molecule has 0 unspecified atom stereocenters. The lowest BCUT2D eigenvalue weighted by Gasteiger charge is -2.12. The van der Waals surface area contributed by atoms with Gasteiger partial charge in [0.1, 0.15) is 0 Å². The van der Waals surface area contributed by atoms with Crippen molar-refractivity contribution in [3.8, 4) is 0 Å². The second-order valence-electron chi connectivity index (χ2n) is 5.05. The van der Waals surface area contributed by atoms with Crippen LogP contribution in [0.3, 0.4) is 0 Å². The topological polar surface area (TPSA) is 78.0 Å². The van der Waals surface area contributed by atoms with E-state index in [-0.39, 0.29) is 12.0 Å². The van der Waals surface area contributed by atoms with Crippen LogP contribution in [0, 0.1) is 5.92 Å². The van der Waals surface area contributed by atoms with Gasteiger partial charge in [-0.2, -0.15) is 0 Å². The number of carbonyl (C=O) groups excluding carboxylic acids is 1. The molecule has 100 valence electrons. The monoisotopic (exact) mass is 259 g/mol.